The van der Waals surface area contributed by atoms with E-state index in [2.05, 4.69) is 6.58 Å². The zero-order valence-corrected chi connectivity index (χ0v) is 10.4. The highest BCUT2D eigenvalue weighted by Crippen LogP contribution is 2.17. The maximum absolute atomic E-state index is 11.4. The average Bonchev–Trinajstić information content (AvgIpc) is 2.64. The van der Waals surface area contributed by atoms with Crippen LogP contribution in [-0.4, -0.2) is 38.0 Å². The third-order valence-corrected chi connectivity index (χ3v) is 3.90. The van der Waals surface area contributed by atoms with Crippen LogP contribution >= 0.6 is 0 Å². The highest BCUT2D eigenvalue weighted by molar-refractivity contribution is 7.86. The molecule has 0 spiro atoms. The van der Waals surface area contributed by atoms with Crippen LogP contribution in [0.25, 0.3) is 0 Å². The second kappa shape index (κ2) is 5.77. The number of nitrogens with two attached hydrogens (primary N) is 1. The van der Waals surface area contributed by atoms with E-state index in [0.29, 0.717) is 19.6 Å². The van der Waals surface area contributed by atoms with E-state index in [4.69, 9.17) is 9.88 Å². The second-order valence-corrected chi connectivity index (χ2v) is 5.62. The highest BCUT2D eigenvalue weighted by atomic mass is 32.2. The summed E-state index contributed by atoms with van der Waals surface area (Å²) in [6.45, 7) is 6.47. The normalized spacial score (nSPS) is 23.6. The van der Waals surface area contributed by atoms with Gasteiger partial charge in [-0.15, -0.1) is 6.58 Å². The molecule has 0 amide bonds. The van der Waals surface area contributed by atoms with Crippen LogP contribution < -0.4 is 5.14 Å². The molecule has 0 aromatic heterocycles. The molecule has 1 heterocycles. The van der Waals surface area contributed by atoms with Crippen molar-refractivity contribution in [3.8, 4) is 0 Å². The summed E-state index contributed by atoms with van der Waals surface area (Å²) >= 11 is 0. The molecule has 0 aliphatic carbocycles. The van der Waals surface area contributed by atoms with E-state index in [1.807, 2.05) is 6.92 Å². The van der Waals surface area contributed by atoms with Crippen LogP contribution in [0.3, 0.4) is 0 Å². The fourth-order valence-electron chi connectivity index (χ4n) is 1.88. The lowest BCUT2D eigenvalue weighted by Gasteiger charge is -2.27. The van der Waals surface area contributed by atoms with E-state index in [0.717, 1.165) is 12.8 Å². The fourth-order valence-corrected chi connectivity index (χ4v) is 2.84. The fraction of sp³-hybridized carbons (Fsp3) is 0.800. The SMILES string of the molecule is C=CC[C@H](C)N(C[C@@H]1CCCO1)S(N)(=O)=O. The van der Waals surface area contributed by atoms with E-state index < -0.39 is 10.2 Å². The Morgan fingerprint density at radius 2 is 2.38 bits per heavy atom. The van der Waals surface area contributed by atoms with Gasteiger partial charge in [0.25, 0.3) is 10.2 Å². The van der Waals surface area contributed by atoms with E-state index in [1.165, 1.54) is 4.31 Å². The Morgan fingerprint density at radius 1 is 1.69 bits per heavy atom. The Hall–Kier alpha value is -0.430. The minimum absolute atomic E-state index is 0.0226. The molecule has 0 aromatic carbocycles. The van der Waals surface area contributed by atoms with E-state index >= 15 is 0 Å². The van der Waals surface area contributed by atoms with Crippen LogP contribution in [0.1, 0.15) is 26.2 Å². The minimum Gasteiger partial charge on any atom is -0.377 e. The Bertz CT molecular complexity index is 323. The van der Waals surface area contributed by atoms with Gasteiger partial charge in [-0.1, -0.05) is 6.08 Å². The molecule has 2 N–H and O–H groups in total. The summed E-state index contributed by atoms with van der Waals surface area (Å²) in [5.41, 5.74) is 0. The van der Waals surface area contributed by atoms with Crippen molar-refractivity contribution >= 4 is 10.2 Å². The van der Waals surface area contributed by atoms with Gasteiger partial charge in [0, 0.05) is 19.2 Å². The molecular weight excluding hydrogens is 228 g/mol. The van der Waals surface area contributed by atoms with Gasteiger partial charge < -0.3 is 4.74 Å². The smallest absolute Gasteiger partial charge is 0.277 e. The molecule has 0 saturated carbocycles. The first-order valence-electron chi connectivity index (χ1n) is 5.47. The second-order valence-electron chi connectivity index (χ2n) is 4.12. The van der Waals surface area contributed by atoms with Crippen molar-refractivity contribution in [3.63, 3.8) is 0 Å². The van der Waals surface area contributed by atoms with Crippen molar-refractivity contribution < 1.29 is 13.2 Å². The van der Waals surface area contributed by atoms with Crippen molar-refractivity contribution in [2.24, 2.45) is 5.14 Å². The molecule has 2 atom stereocenters. The van der Waals surface area contributed by atoms with Gasteiger partial charge in [0.1, 0.15) is 0 Å². The van der Waals surface area contributed by atoms with Crippen molar-refractivity contribution in [1.29, 1.82) is 0 Å². The van der Waals surface area contributed by atoms with Gasteiger partial charge in [-0.3, -0.25) is 0 Å². The molecule has 5 nitrogen and oxygen atoms in total. The molecule has 1 saturated heterocycles. The van der Waals surface area contributed by atoms with Gasteiger partial charge in [-0.05, 0) is 26.2 Å². The van der Waals surface area contributed by atoms with Crippen LogP contribution in [-0.2, 0) is 14.9 Å². The Morgan fingerprint density at radius 3 is 2.81 bits per heavy atom. The van der Waals surface area contributed by atoms with Crippen LogP contribution in [0.15, 0.2) is 12.7 Å². The largest absolute Gasteiger partial charge is 0.377 e. The van der Waals surface area contributed by atoms with E-state index in [1.54, 1.807) is 6.08 Å². The summed E-state index contributed by atoms with van der Waals surface area (Å²) in [6.07, 6.45) is 4.14. The molecule has 1 rings (SSSR count). The van der Waals surface area contributed by atoms with E-state index in [9.17, 15) is 8.42 Å². The van der Waals surface area contributed by atoms with Crippen molar-refractivity contribution in [1.82, 2.24) is 4.31 Å². The first-order valence-corrected chi connectivity index (χ1v) is 6.97. The predicted octanol–water partition coefficient (Wildman–Crippen LogP) is 0.636. The van der Waals surface area contributed by atoms with Crippen molar-refractivity contribution in [3.05, 3.63) is 12.7 Å². The average molecular weight is 248 g/mol. The van der Waals surface area contributed by atoms with Crippen molar-refractivity contribution in [2.45, 2.75) is 38.3 Å². The summed E-state index contributed by atoms with van der Waals surface area (Å²) in [7, 11) is -3.67. The lowest BCUT2D eigenvalue weighted by atomic mass is 10.2. The molecular formula is C10H20N2O3S. The van der Waals surface area contributed by atoms with Gasteiger partial charge in [0.2, 0.25) is 0 Å². The standard InChI is InChI=1S/C10H20N2O3S/c1-3-5-9(2)12(16(11,13)14)8-10-6-4-7-15-10/h3,9-10H,1,4-8H2,2H3,(H2,11,13,14)/t9-,10-/m0/s1. The molecule has 1 aliphatic heterocycles. The maximum atomic E-state index is 11.4. The molecule has 16 heavy (non-hydrogen) atoms. The minimum atomic E-state index is -3.67. The third-order valence-electron chi connectivity index (χ3n) is 2.73. The van der Waals surface area contributed by atoms with Crippen LogP contribution in [0.5, 0.6) is 0 Å². The van der Waals surface area contributed by atoms with Gasteiger partial charge in [0.15, 0.2) is 0 Å². The monoisotopic (exact) mass is 248 g/mol. The van der Waals surface area contributed by atoms with Crippen LogP contribution in [0.2, 0.25) is 0 Å². The van der Waals surface area contributed by atoms with Crippen LogP contribution in [0.4, 0.5) is 0 Å². The Kier molecular flexibility index (Phi) is 4.91. The molecule has 94 valence electrons. The zero-order chi connectivity index (χ0) is 12.2. The number of rotatable bonds is 6. The molecule has 0 aromatic rings. The topological polar surface area (TPSA) is 72.6 Å². The number of hydrogen-bond donors (Lipinski definition) is 1. The zero-order valence-electron chi connectivity index (χ0n) is 9.63. The Labute approximate surface area is 97.4 Å². The summed E-state index contributed by atoms with van der Waals surface area (Å²) in [4.78, 5) is 0. The first kappa shape index (κ1) is 13.6. The van der Waals surface area contributed by atoms with Gasteiger partial charge >= 0.3 is 0 Å². The number of hydrogen-bond acceptors (Lipinski definition) is 3. The lowest BCUT2D eigenvalue weighted by molar-refractivity contribution is 0.0874. The first-order chi connectivity index (χ1) is 7.45. The third kappa shape index (κ3) is 3.86. The number of nitrogens with zero attached hydrogens (tertiary/aromatic N) is 1. The Balaban J connectivity index is 2.66. The molecule has 0 unspecified atom stereocenters. The van der Waals surface area contributed by atoms with Gasteiger partial charge in [-0.25, -0.2) is 5.14 Å². The molecule has 6 heteroatoms. The molecule has 0 bridgehead atoms. The van der Waals surface area contributed by atoms with E-state index in [-0.39, 0.29) is 12.1 Å². The summed E-state index contributed by atoms with van der Waals surface area (Å²) in [6, 6.07) is -0.170. The van der Waals surface area contributed by atoms with Crippen molar-refractivity contribution in [2.75, 3.05) is 13.2 Å². The summed E-state index contributed by atoms with van der Waals surface area (Å²) in [5.74, 6) is 0. The molecule has 1 aliphatic rings. The predicted molar refractivity (Wildman–Crippen MR) is 63.1 cm³/mol. The molecule has 1 fully saturated rings. The summed E-state index contributed by atoms with van der Waals surface area (Å²) in [5, 5.41) is 5.20. The van der Waals surface area contributed by atoms with Gasteiger partial charge in [0.05, 0.1) is 6.10 Å². The lowest BCUT2D eigenvalue weighted by Crippen LogP contribution is -2.46. The van der Waals surface area contributed by atoms with Gasteiger partial charge in [-0.2, -0.15) is 12.7 Å². The van der Waals surface area contributed by atoms with Crippen LogP contribution in [0, 0.1) is 0 Å². The number of ether oxygens (including phenoxy) is 1. The highest BCUT2D eigenvalue weighted by Gasteiger charge is 2.28. The maximum Gasteiger partial charge on any atom is 0.277 e. The quantitative estimate of drug-likeness (QED) is 0.701. The molecule has 0 radical (unpaired) electrons. The summed E-state index contributed by atoms with van der Waals surface area (Å²) < 4.78 is 29.6.